The van der Waals surface area contributed by atoms with Crippen molar-refractivity contribution in [3.63, 3.8) is 0 Å². The summed E-state index contributed by atoms with van der Waals surface area (Å²) in [6, 6.07) is 7.14. The Balaban J connectivity index is 1.66. The number of carboxylic acids is 1. The fraction of sp³-hybridized carbons (Fsp3) is 0.529. The number of carbonyl (C=O) groups is 2. The third kappa shape index (κ3) is 2.80. The van der Waals surface area contributed by atoms with Crippen LogP contribution in [0.5, 0.6) is 0 Å². The minimum Gasteiger partial charge on any atom is -0.480 e. The highest BCUT2D eigenvalue weighted by molar-refractivity contribution is 5.90. The van der Waals surface area contributed by atoms with E-state index in [0.29, 0.717) is 0 Å². The van der Waals surface area contributed by atoms with Gasteiger partial charge in [-0.05, 0) is 36.3 Å². The van der Waals surface area contributed by atoms with Crippen molar-refractivity contribution in [2.75, 3.05) is 0 Å². The summed E-state index contributed by atoms with van der Waals surface area (Å²) < 4.78 is 0. The van der Waals surface area contributed by atoms with Gasteiger partial charge in [0.15, 0.2) is 0 Å². The van der Waals surface area contributed by atoms with Crippen LogP contribution in [0.15, 0.2) is 24.3 Å². The van der Waals surface area contributed by atoms with Crippen LogP contribution < -0.4 is 5.32 Å². The van der Waals surface area contributed by atoms with Crippen LogP contribution in [0.25, 0.3) is 0 Å². The zero-order valence-electron chi connectivity index (χ0n) is 12.0. The van der Waals surface area contributed by atoms with E-state index in [2.05, 4.69) is 5.32 Å². The number of rotatable bonds is 4. The van der Waals surface area contributed by atoms with Gasteiger partial charge in [-0.1, -0.05) is 43.5 Å². The van der Waals surface area contributed by atoms with Crippen molar-refractivity contribution < 1.29 is 14.7 Å². The molecular weight excluding hydrogens is 266 g/mol. The number of hydrogen-bond acceptors (Lipinski definition) is 2. The predicted octanol–water partition coefficient (Wildman–Crippen LogP) is 2.48. The molecular formula is C17H21NO3. The summed E-state index contributed by atoms with van der Waals surface area (Å²) in [5, 5.41) is 12.2. The maximum atomic E-state index is 12.4. The van der Waals surface area contributed by atoms with E-state index in [1.165, 1.54) is 12.0 Å². The van der Waals surface area contributed by atoms with Crippen LogP contribution in [0.4, 0.5) is 0 Å². The fourth-order valence-corrected chi connectivity index (χ4v) is 3.60. The third-order valence-corrected chi connectivity index (χ3v) is 4.86. The first kappa shape index (κ1) is 14.1. The standard InChI is InChI=1S/C17H21NO3/c19-16(14-10-12-8-4-5-9-13(12)14)18-15(17(20)21)11-6-2-1-3-7-11/h4-5,8-9,11,14-15H,1-3,6-7,10H2,(H,18,19)(H,20,21). The highest BCUT2D eigenvalue weighted by atomic mass is 16.4. The first-order valence-electron chi connectivity index (χ1n) is 7.78. The van der Waals surface area contributed by atoms with E-state index in [-0.39, 0.29) is 17.7 Å². The van der Waals surface area contributed by atoms with Crippen LogP contribution in [-0.2, 0) is 16.0 Å². The zero-order valence-corrected chi connectivity index (χ0v) is 12.0. The molecule has 1 aromatic rings. The maximum absolute atomic E-state index is 12.4. The lowest BCUT2D eigenvalue weighted by Crippen LogP contribution is -2.49. The SMILES string of the molecule is O=C(NC(C(=O)O)C1CCCCC1)C1Cc2ccccc21. The van der Waals surface area contributed by atoms with Gasteiger partial charge in [-0.25, -0.2) is 4.79 Å². The Hall–Kier alpha value is -1.84. The highest BCUT2D eigenvalue weighted by Gasteiger charge is 2.36. The molecule has 1 saturated carbocycles. The van der Waals surface area contributed by atoms with Crippen LogP contribution in [0, 0.1) is 5.92 Å². The summed E-state index contributed by atoms with van der Waals surface area (Å²) in [6.07, 6.45) is 5.83. The lowest BCUT2D eigenvalue weighted by atomic mass is 9.76. The number of amides is 1. The summed E-state index contributed by atoms with van der Waals surface area (Å²) in [6.45, 7) is 0. The number of carbonyl (C=O) groups excluding carboxylic acids is 1. The van der Waals surface area contributed by atoms with Gasteiger partial charge in [0, 0.05) is 0 Å². The predicted molar refractivity (Wildman–Crippen MR) is 79.0 cm³/mol. The number of carboxylic acid groups (broad SMARTS) is 1. The van der Waals surface area contributed by atoms with E-state index >= 15 is 0 Å². The Morgan fingerprint density at radius 1 is 1.14 bits per heavy atom. The van der Waals surface area contributed by atoms with Gasteiger partial charge in [-0.2, -0.15) is 0 Å². The molecule has 2 aliphatic carbocycles. The van der Waals surface area contributed by atoms with Gasteiger partial charge in [0.1, 0.15) is 6.04 Å². The zero-order chi connectivity index (χ0) is 14.8. The summed E-state index contributed by atoms with van der Waals surface area (Å²) >= 11 is 0. The molecule has 1 aromatic carbocycles. The van der Waals surface area contributed by atoms with Gasteiger partial charge in [0.05, 0.1) is 5.92 Å². The maximum Gasteiger partial charge on any atom is 0.326 e. The molecule has 3 rings (SSSR count). The Morgan fingerprint density at radius 2 is 1.86 bits per heavy atom. The Labute approximate surface area is 124 Å². The van der Waals surface area contributed by atoms with Crippen molar-refractivity contribution in [2.45, 2.75) is 50.5 Å². The molecule has 0 aliphatic heterocycles. The van der Waals surface area contributed by atoms with Crippen LogP contribution in [0.1, 0.15) is 49.1 Å². The molecule has 0 bridgehead atoms. The molecule has 0 spiro atoms. The lowest BCUT2D eigenvalue weighted by molar-refractivity contribution is -0.144. The van der Waals surface area contributed by atoms with E-state index in [1.54, 1.807) is 0 Å². The van der Waals surface area contributed by atoms with Crippen molar-refractivity contribution >= 4 is 11.9 Å². The van der Waals surface area contributed by atoms with Gasteiger partial charge >= 0.3 is 5.97 Å². The topological polar surface area (TPSA) is 66.4 Å². The molecule has 2 aliphatic rings. The summed E-state index contributed by atoms with van der Waals surface area (Å²) in [7, 11) is 0. The molecule has 0 heterocycles. The van der Waals surface area contributed by atoms with Crippen molar-refractivity contribution in [1.29, 1.82) is 0 Å². The molecule has 4 heteroatoms. The van der Waals surface area contributed by atoms with Crippen LogP contribution in [0.3, 0.4) is 0 Å². The minimum absolute atomic E-state index is 0.0792. The van der Waals surface area contributed by atoms with Gasteiger partial charge in [-0.15, -0.1) is 0 Å². The van der Waals surface area contributed by atoms with Crippen LogP contribution in [-0.4, -0.2) is 23.0 Å². The Morgan fingerprint density at radius 3 is 2.52 bits per heavy atom. The smallest absolute Gasteiger partial charge is 0.326 e. The molecule has 2 N–H and O–H groups in total. The Bertz CT molecular complexity index is 549. The average molecular weight is 287 g/mol. The number of aliphatic carboxylic acids is 1. The first-order valence-corrected chi connectivity index (χ1v) is 7.78. The number of benzene rings is 1. The van der Waals surface area contributed by atoms with E-state index < -0.39 is 12.0 Å². The highest BCUT2D eigenvalue weighted by Crippen LogP contribution is 2.35. The van der Waals surface area contributed by atoms with E-state index in [9.17, 15) is 14.7 Å². The van der Waals surface area contributed by atoms with Gasteiger partial charge in [0.25, 0.3) is 0 Å². The second-order valence-electron chi connectivity index (χ2n) is 6.18. The minimum atomic E-state index is -0.900. The molecule has 4 nitrogen and oxygen atoms in total. The van der Waals surface area contributed by atoms with Crippen molar-refractivity contribution in [3.05, 3.63) is 35.4 Å². The number of fused-ring (bicyclic) bond motifs is 1. The number of hydrogen-bond donors (Lipinski definition) is 2. The summed E-state index contributed by atoms with van der Waals surface area (Å²) in [5.41, 5.74) is 2.24. The largest absolute Gasteiger partial charge is 0.480 e. The van der Waals surface area contributed by atoms with Gasteiger partial charge < -0.3 is 10.4 Å². The number of nitrogens with one attached hydrogen (secondary N) is 1. The lowest BCUT2D eigenvalue weighted by Gasteiger charge is -2.33. The Kier molecular flexibility index (Phi) is 3.95. The average Bonchev–Trinajstić information content (AvgIpc) is 2.46. The van der Waals surface area contributed by atoms with Crippen molar-refractivity contribution in [3.8, 4) is 0 Å². The monoisotopic (exact) mass is 287 g/mol. The van der Waals surface area contributed by atoms with Gasteiger partial charge in [-0.3, -0.25) is 4.79 Å². The fourth-order valence-electron chi connectivity index (χ4n) is 3.60. The van der Waals surface area contributed by atoms with Gasteiger partial charge in [0.2, 0.25) is 5.91 Å². The first-order chi connectivity index (χ1) is 10.2. The second-order valence-corrected chi connectivity index (χ2v) is 6.18. The normalized spacial score (nSPS) is 22.8. The third-order valence-electron chi connectivity index (χ3n) is 4.86. The molecule has 112 valence electrons. The molecule has 21 heavy (non-hydrogen) atoms. The molecule has 1 fully saturated rings. The summed E-state index contributed by atoms with van der Waals surface area (Å²) in [5.74, 6) is -1.13. The second kappa shape index (κ2) is 5.88. The molecule has 2 atom stereocenters. The van der Waals surface area contributed by atoms with Crippen LogP contribution in [0.2, 0.25) is 0 Å². The van der Waals surface area contributed by atoms with Crippen LogP contribution >= 0.6 is 0 Å². The van der Waals surface area contributed by atoms with E-state index in [4.69, 9.17) is 0 Å². The quantitative estimate of drug-likeness (QED) is 0.894. The molecule has 1 amide bonds. The molecule has 0 aromatic heterocycles. The summed E-state index contributed by atoms with van der Waals surface area (Å²) in [4.78, 5) is 23.9. The van der Waals surface area contributed by atoms with Crippen molar-refractivity contribution in [1.82, 2.24) is 5.32 Å². The molecule has 2 unspecified atom stereocenters. The molecule has 0 saturated heterocycles. The van der Waals surface area contributed by atoms with E-state index in [1.807, 2.05) is 24.3 Å². The van der Waals surface area contributed by atoms with Crippen molar-refractivity contribution in [2.24, 2.45) is 5.92 Å². The van der Waals surface area contributed by atoms with E-state index in [0.717, 1.165) is 37.7 Å². The molecule has 0 radical (unpaired) electrons.